The number of nitrogens with zero attached hydrogens (tertiary/aromatic N) is 3. The lowest BCUT2D eigenvalue weighted by Gasteiger charge is -2.51. The molecule has 4 atom stereocenters. The van der Waals surface area contributed by atoms with E-state index in [1.54, 1.807) is 12.4 Å². The number of aromatic nitrogens is 2. The number of piperidine rings is 1. The summed E-state index contributed by atoms with van der Waals surface area (Å²) in [7, 11) is -2.40. The molecular weight excluding hydrogens is 688 g/mol. The summed E-state index contributed by atoms with van der Waals surface area (Å²) >= 11 is 0. The number of carbonyl (C=O) groups excluding carboxylic acids is 1. The van der Waals surface area contributed by atoms with Crippen LogP contribution in [0.5, 0.6) is 5.75 Å². The van der Waals surface area contributed by atoms with Gasteiger partial charge in [-0.3, -0.25) is 9.78 Å². The van der Waals surface area contributed by atoms with Gasteiger partial charge in [0.25, 0.3) is 0 Å². The minimum absolute atomic E-state index is 0.134. The number of hydrogen-bond donors (Lipinski definition) is 2. The van der Waals surface area contributed by atoms with Crippen molar-refractivity contribution in [2.75, 3.05) is 24.6 Å². The lowest BCUT2D eigenvalue weighted by atomic mass is 9.84. The second-order valence-electron chi connectivity index (χ2n) is 17.5. The molecule has 12 heteroatoms. The summed E-state index contributed by atoms with van der Waals surface area (Å²) in [6.45, 7) is 22.3. The van der Waals surface area contributed by atoms with Crippen molar-refractivity contribution in [3.05, 3.63) is 71.4 Å². The molecule has 0 saturated carbocycles. The van der Waals surface area contributed by atoms with Crippen LogP contribution in [-0.4, -0.2) is 71.2 Å². The van der Waals surface area contributed by atoms with Crippen molar-refractivity contribution in [1.82, 2.24) is 9.97 Å². The number of halogens is 3. The quantitative estimate of drug-likeness (QED) is 0.150. The number of carbonyl (C=O) groups is 1. The van der Waals surface area contributed by atoms with Crippen LogP contribution in [0.4, 0.5) is 18.9 Å². The third-order valence-corrected chi connectivity index (χ3v) is 16.5. The van der Waals surface area contributed by atoms with E-state index in [9.17, 15) is 15.0 Å². The summed E-state index contributed by atoms with van der Waals surface area (Å²) in [6, 6.07) is 6.45. The van der Waals surface area contributed by atoms with Gasteiger partial charge >= 0.3 is 5.97 Å². The molecule has 1 saturated heterocycles. The lowest BCUT2D eigenvalue weighted by Crippen LogP contribution is -2.58. The first-order chi connectivity index (χ1) is 23.9. The number of rotatable bonds is 11. The molecule has 52 heavy (non-hydrogen) atoms. The van der Waals surface area contributed by atoms with Gasteiger partial charge in [0.1, 0.15) is 41.1 Å². The van der Waals surface area contributed by atoms with E-state index in [0.717, 1.165) is 29.4 Å². The first-order valence-corrected chi connectivity index (χ1v) is 21.1. The molecule has 0 bridgehead atoms. The molecule has 1 aliphatic rings. The molecular formula is C40H56F3N3O5Si. The number of esters is 1. The second kappa shape index (κ2) is 15.5. The predicted molar refractivity (Wildman–Crippen MR) is 201 cm³/mol. The maximum absolute atomic E-state index is 15.2. The average molecular weight is 744 g/mol. The van der Waals surface area contributed by atoms with E-state index in [1.165, 1.54) is 19.9 Å². The molecule has 4 rings (SSSR count). The minimum atomic E-state index is -2.40. The molecule has 1 aromatic carbocycles. The summed E-state index contributed by atoms with van der Waals surface area (Å²) < 4.78 is 56.8. The van der Waals surface area contributed by atoms with E-state index in [1.807, 2.05) is 33.8 Å². The number of pyridine rings is 2. The second-order valence-corrected chi connectivity index (χ2v) is 23.1. The normalized spacial score (nSPS) is 19.4. The summed E-state index contributed by atoms with van der Waals surface area (Å²) in [5, 5.41) is 21.4. The van der Waals surface area contributed by atoms with E-state index >= 15 is 13.2 Å². The van der Waals surface area contributed by atoms with Gasteiger partial charge in [-0.2, -0.15) is 0 Å². The van der Waals surface area contributed by atoms with Crippen LogP contribution in [0.3, 0.4) is 0 Å². The Balaban J connectivity index is 1.62. The Morgan fingerprint density at radius 2 is 1.62 bits per heavy atom. The number of aliphatic hydroxyl groups is 2. The smallest absolute Gasteiger partial charge is 0.307 e. The fourth-order valence-electron chi connectivity index (χ4n) is 6.75. The molecule has 2 aromatic heterocycles. The number of aryl methyl sites for hydroxylation is 2. The van der Waals surface area contributed by atoms with Gasteiger partial charge in [0.15, 0.2) is 0 Å². The first kappa shape index (κ1) is 41.3. The van der Waals surface area contributed by atoms with Crippen LogP contribution >= 0.6 is 0 Å². The van der Waals surface area contributed by atoms with E-state index < -0.39 is 59.6 Å². The molecule has 0 aliphatic carbocycles. The summed E-state index contributed by atoms with van der Waals surface area (Å²) in [5.41, 5.74) is -1.22. The van der Waals surface area contributed by atoms with Crippen molar-refractivity contribution in [1.29, 1.82) is 0 Å². The molecule has 0 amide bonds. The highest BCUT2D eigenvalue weighted by molar-refractivity contribution is 6.84. The maximum atomic E-state index is 15.2. The van der Waals surface area contributed by atoms with E-state index in [0.29, 0.717) is 31.6 Å². The van der Waals surface area contributed by atoms with Crippen molar-refractivity contribution in [2.45, 2.75) is 116 Å². The number of benzene rings is 1. The van der Waals surface area contributed by atoms with Gasteiger partial charge in [0, 0.05) is 54.9 Å². The van der Waals surface area contributed by atoms with Crippen LogP contribution in [0.25, 0.3) is 11.3 Å². The van der Waals surface area contributed by atoms with Gasteiger partial charge in [0.2, 0.25) is 0 Å². The summed E-state index contributed by atoms with van der Waals surface area (Å²) in [6.07, 6.45) is 3.51. The van der Waals surface area contributed by atoms with Crippen molar-refractivity contribution >= 4 is 19.7 Å². The minimum Gasteiger partial charge on any atom is -0.490 e. The zero-order chi connectivity index (χ0) is 39.0. The predicted octanol–water partition coefficient (Wildman–Crippen LogP) is 8.15. The molecule has 3 heterocycles. The molecule has 2 N–H and O–H groups in total. The Labute approximate surface area is 307 Å². The van der Waals surface area contributed by atoms with Crippen molar-refractivity contribution in [2.24, 2.45) is 11.8 Å². The number of ether oxygens (including phenoxy) is 2. The van der Waals surface area contributed by atoms with Crippen molar-refractivity contribution < 1.29 is 37.7 Å². The molecule has 3 aromatic rings. The van der Waals surface area contributed by atoms with Crippen LogP contribution in [0.1, 0.15) is 73.6 Å². The molecule has 1 fully saturated rings. The SMILES string of the molecule is C[C@H]1CN(c2ccncc2CCc2ccc(F)c(-c3c(F)cc(OCC(C)(C)O)cc3F)n2)C[C@@H](C(C(=O)OC(C)(C)C)[Si](C)(C)C(C)(C)C)[C@@H]1O. The highest BCUT2D eigenvalue weighted by Crippen LogP contribution is 2.50. The monoisotopic (exact) mass is 743 g/mol. The number of aliphatic hydroxyl groups excluding tert-OH is 1. The largest absolute Gasteiger partial charge is 0.490 e. The molecule has 286 valence electrons. The Kier molecular flexibility index (Phi) is 12.3. The molecule has 1 aliphatic heterocycles. The highest BCUT2D eigenvalue weighted by atomic mass is 28.3. The van der Waals surface area contributed by atoms with Crippen LogP contribution in [0.15, 0.2) is 42.7 Å². The summed E-state index contributed by atoms with van der Waals surface area (Å²) in [4.78, 5) is 24.9. The Morgan fingerprint density at radius 3 is 2.19 bits per heavy atom. The van der Waals surface area contributed by atoms with Crippen molar-refractivity contribution in [3.63, 3.8) is 0 Å². The molecule has 0 radical (unpaired) electrons. The highest BCUT2D eigenvalue weighted by Gasteiger charge is 2.54. The Hall–Kier alpha value is -3.48. The Morgan fingerprint density at radius 1 is 0.981 bits per heavy atom. The topological polar surface area (TPSA) is 105 Å². The van der Waals surface area contributed by atoms with Gasteiger partial charge in [-0.1, -0.05) is 40.8 Å². The van der Waals surface area contributed by atoms with Crippen LogP contribution in [0.2, 0.25) is 23.7 Å². The van der Waals surface area contributed by atoms with E-state index in [2.05, 4.69) is 48.7 Å². The standard InChI is InChI=1S/C40H56F3N3O5Si/c1-24-21-46(22-28(35(24)47)36(37(48)51-38(2,3)4)52(10,11)39(5,6)7)32-16-17-44-20-25(32)12-13-26-14-15-29(41)34(45-26)33-30(42)18-27(19-31(33)43)50-23-40(8,9)49/h14-20,24,28,35-36,47,49H,12-13,21-23H2,1-11H3/t24-,28+,35+,36?/m0/s1. The van der Waals surface area contributed by atoms with Crippen molar-refractivity contribution in [3.8, 4) is 17.0 Å². The van der Waals surface area contributed by atoms with E-state index in [4.69, 9.17) is 9.47 Å². The van der Waals surface area contributed by atoms with Crippen LogP contribution in [-0.2, 0) is 22.4 Å². The van der Waals surface area contributed by atoms with Gasteiger partial charge in [-0.25, -0.2) is 18.2 Å². The fraction of sp³-hybridized carbons (Fsp3) is 0.575. The first-order valence-electron chi connectivity index (χ1n) is 18.0. The number of anilines is 1. The summed E-state index contributed by atoms with van der Waals surface area (Å²) in [5.74, 6) is -3.88. The maximum Gasteiger partial charge on any atom is 0.307 e. The Bertz CT molecular complexity index is 1710. The number of hydrogen-bond acceptors (Lipinski definition) is 8. The third-order valence-electron chi connectivity index (χ3n) is 10.4. The van der Waals surface area contributed by atoms with Gasteiger partial charge in [0.05, 0.1) is 30.9 Å². The molecule has 0 spiro atoms. The van der Waals surface area contributed by atoms with Crippen LogP contribution < -0.4 is 9.64 Å². The van der Waals surface area contributed by atoms with Gasteiger partial charge in [-0.15, -0.1) is 0 Å². The van der Waals surface area contributed by atoms with E-state index in [-0.39, 0.29) is 35.2 Å². The van der Waals surface area contributed by atoms with Gasteiger partial charge < -0.3 is 24.6 Å². The zero-order valence-electron chi connectivity index (χ0n) is 32.5. The third kappa shape index (κ3) is 9.73. The molecule has 8 nitrogen and oxygen atoms in total. The zero-order valence-corrected chi connectivity index (χ0v) is 33.5. The van der Waals surface area contributed by atoms with Gasteiger partial charge in [-0.05, 0) is 82.2 Å². The molecule has 1 unspecified atom stereocenters. The average Bonchev–Trinajstić information content (AvgIpc) is 3.00. The fourth-order valence-corrected chi connectivity index (χ4v) is 9.70. The lowest BCUT2D eigenvalue weighted by molar-refractivity contribution is -0.157. The van der Waals surface area contributed by atoms with Crippen LogP contribution in [0, 0.1) is 29.3 Å².